The Hall–Kier alpha value is -2.51. The van der Waals surface area contributed by atoms with E-state index in [1.165, 1.54) is 18.3 Å². The molecule has 0 saturated carbocycles. The van der Waals surface area contributed by atoms with Crippen molar-refractivity contribution in [2.45, 2.75) is 0 Å². The largest absolute Gasteiger partial charge is 0.504 e. The Morgan fingerprint density at radius 1 is 1.30 bits per heavy atom. The van der Waals surface area contributed by atoms with E-state index in [0.717, 1.165) is 5.69 Å². The average Bonchev–Trinajstić information content (AvgIpc) is 2.52. The minimum Gasteiger partial charge on any atom is -0.504 e. The van der Waals surface area contributed by atoms with Gasteiger partial charge in [0.1, 0.15) is 5.75 Å². The van der Waals surface area contributed by atoms with Crippen molar-refractivity contribution in [3.63, 3.8) is 0 Å². The Morgan fingerprint density at radius 3 is 2.78 bits per heavy atom. The van der Waals surface area contributed by atoms with Gasteiger partial charge in [-0.1, -0.05) is 17.7 Å². The summed E-state index contributed by atoms with van der Waals surface area (Å²) in [5.41, 5.74) is 3.89. The van der Waals surface area contributed by atoms with Crippen LogP contribution in [-0.4, -0.2) is 28.6 Å². The van der Waals surface area contributed by atoms with Gasteiger partial charge in [0.2, 0.25) is 0 Å². The molecule has 2 aromatic rings. The molecule has 0 aliphatic heterocycles. The maximum atomic E-state index is 9.47. The van der Waals surface area contributed by atoms with Crippen molar-refractivity contribution in [2.75, 3.05) is 12.4 Å². The first-order valence-corrected chi connectivity index (χ1v) is 7.24. The summed E-state index contributed by atoms with van der Waals surface area (Å²) in [6.45, 7) is 0. The molecule has 23 heavy (non-hydrogen) atoms. The fourth-order valence-electron chi connectivity index (χ4n) is 1.70. The number of halogens is 1. The summed E-state index contributed by atoms with van der Waals surface area (Å²) in [7, 11) is 1.58. The second kappa shape index (κ2) is 7.66. The molecule has 6 nitrogen and oxygen atoms in total. The molecule has 0 aliphatic carbocycles. The molecule has 0 radical (unpaired) electrons. The summed E-state index contributed by atoms with van der Waals surface area (Å²) in [6.07, 6.45) is 1.41. The molecule has 2 rings (SSSR count). The second-order valence-electron chi connectivity index (χ2n) is 4.43. The summed E-state index contributed by atoms with van der Waals surface area (Å²) in [5, 5.41) is 26.0. The molecule has 0 heterocycles. The third kappa shape index (κ3) is 4.73. The first-order chi connectivity index (χ1) is 11.0. The van der Waals surface area contributed by atoms with Crippen LogP contribution < -0.4 is 15.5 Å². The van der Waals surface area contributed by atoms with Gasteiger partial charge in [0.05, 0.1) is 18.3 Å². The van der Waals surface area contributed by atoms with Gasteiger partial charge in [0.25, 0.3) is 0 Å². The van der Waals surface area contributed by atoms with E-state index in [1.807, 2.05) is 18.2 Å². The minimum absolute atomic E-state index is 0.0310. The van der Waals surface area contributed by atoms with Crippen LogP contribution in [0, 0.1) is 0 Å². The number of benzene rings is 2. The SMILES string of the molecule is COc1cccc(NC(=S)N/N=C/c2cc(O)c(O)c(Cl)c2)c1. The number of nitrogens with zero attached hydrogens (tertiary/aromatic N) is 1. The summed E-state index contributed by atoms with van der Waals surface area (Å²) in [6, 6.07) is 10.0. The van der Waals surface area contributed by atoms with Gasteiger partial charge in [-0.3, -0.25) is 5.43 Å². The molecule has 0 unspecified atom stereocenters. The van der Waals surface area contributed by atoms with Gasteiger partial charge in [-0.05, 0) is 42.0 Å². The van der Waals surface area contributed by atoms with Gasteiger partial charge < -0.3 is 20.3 Å². The van der Waals surface area contributed by atoms with E-state index in [2.05, 4.69) is 15.8 Å². The predicted molar refractivity (Wildman–Crippen MR) is 94.7 cm³/mol. The van der Waals surface area contributed by atoms with E-state index in [9.17, 15) is 10.2 Å². The topological polar surface area (TPSA) is 86.1 Å². The number of anilines is 1. The number of rotatable bonds is 4. The molecule has 0 atom stereocenters. The number of aromatic hydroxyl groups is 2. The zero-order chi connectivity index (χ0) is 16.8. The number of hydrogen-bond acceptors (Lipinski definition) is 5. The van der Waals surface area contributed by atoms with E-state index >= 15 is 0 Å². The number of thiocarbonyl (C=S) groups is 1. The van der Waals surface area contributed by atoms with Crippen LogP contribution in [0.2, 0.25) is 5.02 Å². The number of ether oxygens (including phenoxy) is 1. The molecule has 0 saturated heterocycles. The Balaban J connectivity index is 1.96. The lowest BCUT2D eigenvalue weighted by atomic mass is 10.2. The lowest BCUT2D eigenvalue weighted by Crippen LogP contribution is -2.23. The van der Waals surface area contributed by atoms with E-state index in [4.69, 9.17) is 28.6 Å². The summed E-state index contributed by atoms with van der Waals surface area (Å²) in [4.78, 5) is 0. The lowest BCUT2D eigenvalue weighted by molar-refractivity contribution is 0.404. The highest BCUT2D eigenvalue weighted by molar-refractivity contribution is 7.80. The fourth-order valence-corrected chi connectivity index (χ4v) is 2.10. The molecule has 4 N–H and O–H groups in total. The zero-order valence-electron chi connectivity index (χ0n) is 12.1. The molecule has 8 heteroatoms. The Morgan fingerprint density at radius 2 is 2.09 bits per heavy atom. The average molecular weight is 352 g/mol. The van der Waals surface area contributed by atoms with Crippen molar-refractivity contribution in [1.82, 2.24) is 5.43 Å². The highest BCUT2D eigenvalue weighted by atomic mass is 35.5. The molecule has 0 aromatic heterocycles. The van der Waals surface area contributed by atoms with E-state index in [0.29, 0.717) is 11.3 Å². The van der Waals surface area contributed by atoms with Gasteiger partial charge in [0.15, 0.2) is 16.6 Å². The first kappa shape index (κ1) is 16.9. The van der Waals surface area contributed by atoms with Gasteiger partial charge in [-0.25, -0.2) is 0 Å². The normalized spacial score (nSPS) is 10.5. The van der Waals surface area contributed by atoms with Crippen molar-refractivity contribution in [3.8, 4) is 17.2 Å². The van der Waals surface area contributed by atoms with Crippen LogP contribution in [0.4, 0.5) is 5.69 Å². The summed E-state index contributed by atoms with van der Waals surface area (Å²) in [5.74, 6) is 0.0125. The number of phenols is 2. The smallest absolute Gasteiger partial charge is 0.191 e. The van der Waals surface area contributed by atoms with Gasteiger partial charge >= 0.3 is 0 Å². The maximum Gasteiger partial charge on any atom is 0.191 e. The van der Waals surface area contributed by atoms with Gasteiger partial charge in [0, 0.05) is 11.8 Å². The van der Waals surface area contributed by atoms with Crippen LogP contribution >= 0.6 is 23.8 Å². The molecule has 0 amide bonds. The number of hydrogen-bond donors (Lipinski definition) is 4. The minimum atomic E-state index is -0.369. The molecule has 0 bridgehead atoms. The molecule has 2 aromatic carbocycles. The Bertz CT molecular complexity index is 729. The van der Waals surface area contributed by atoms with Crippen LogP contribution in [0.1, 0.15) is 5.56 Å². The van der Waals surface area contributed by atoms with Crippen LogP contribution in [0.3, 0.4) is 0 Å². The molecule has 0 aliphatic rings. The monoisotopic (exact) mass is 351 g/mol. The highest BCUT2D eigenvalue weighted by Gasteiger charge is 2.06. The molecule has 0 spiro atoms. The van der Waals surface area contributed by atoms with Crippen LogP contribution in [-0.2, 0) is 0 Å². The summed E-state index contributed by atoms with van der Waals surface area (Å²) < 4.78 is 5.12. The summed E-state index contributed by atoms with van der Waals surface area (Å²) >= 11 is 10.9. The molecular weight excluding hydrogens is 338 g/mol. The Kier molecular flexibility index (Phi) is 5.61. The molecular formula is C15H14ClN3O3S. The quantitative estimate of drug-likeness (QED) is 0.293. The van der Waals surface area contributed by atoms with Crippen molar-refractivity contribution < 1.29 is 14.9 Å². The van der Waals surface area contributed by atoms with Crippen LogP contribution in [0.15, 0.2) is 41.5 Å². The number of methoxy groups -OCH3 is 1. The number of nitrogens with one attached hydrogen (secondary N) is 2. The zero-order valence-corrected chi connectivity index (χ0v) is 13.6. The van der Waals surface area contributed by atoms with Crippen LogP contribution in [0.25, 0.3) is 0 Å². The standard InChI is InChI=1S/C15H14ClN3O3S/c1-22-11-4-2-3-10(7-11)18-15(23)19-17-8-9-5-12(16)14(21)13(20)6-9/h2-8,20-21H,1H3,(H2,18,19,23)/b17-8+. The predicted octanol–water partition coefficient (Wildman–Crippen LogP) is 3.08. The first-order valence-electron chi connectivity index (χ1n) is 6.45. The van der Waals surface area contributed by atoms with Crippen molar-refractivity contribution in [2.24, 2.45) is 5.10 Å². The highest BCUT2D eigenvalue weighted by Crippen LogP contribution is 2.33. The molecule has 120 valence electrons. The van der Waals surface area contributed by atoms with E-state index < -0.39 is 0 Å². The fraction of sp³-hybridized carbons (Fsp3) is 0.0667. The van der Waals surface area contributed by atoms with Crippen molar-refractivity contribution in [3.05, 3.63) is 47.0 Å². The van der Waals surface area contributed by atoms with Crippen LogP contribution in [0.5, 0.6) is 17.2 Å². The number of hydrazone groups is 1. The van der Waals surface area contributed by atoms with Gasteiger partial charge in [-0.15, -0.1) is 0 Å². The maximum absolute atomic E-state index is 9.47. The third-order valence-electron chi connectivity index (χ3n) is 2.77. The lowest BCUT2D eigenvalue weighted by Gasteiger charge is -2.08. The van der Waals surface area contributed by atoms with Gasteiger partial charge in [-0.2, -0.15) is 5.10 Å². The number of phenolic OH excluding ortho intramolecular Hbond substituents is 2. The Labute approximate surface area is 143 Å². The second-order valence-corrected chi connectivity index (χ2v) is 5.24. The van der Waals surface area contributed by atoms with E-state index in [1.54, 1.807) is 13.2 Å². The molecule has 0 fully saturated rings. The van der Waals surface area contributed by atoms with E-state index in [-0.39, 0.29) is 21.6 Å². The van der Waals surface area contributed by atoms with Crippen molar-refractivity contribution >= 4 is 40.8 Å². The third-order valence-corrected chi connectivity index (χ3v) is 3.25. The van der Waals surface area contributed by atoms with Crippen molar-refractivity contribution in [1.29, 1.82) is 0 Å².